The van der Waals surface area contributed by atoms with E-state index in [1.54, 1.807) is 18.2 Å². The summed E-state index contributed by atoms with van der Waals surface area (Å²) in [5, 5.41) is 11.2. The first-order chi connectivity index (χ1) is 14.2. The molecule has 0 saturated carbocycles. The van der Waals surface area contributed by atoms with E-state index in [2.05, 4.69) is 0 Å². The number of amides is 1. The summed E-state index contributed by atoms with van der Waals surface area (Å²) >= 11 is 0. The fourth-order valence-corrected chi connectivity index (χ4v) is 4.44. The third kappa shape index (κ3) is 3.51. The summed E-state index contributed by atoms with van der Waals surface area (Å²) < 4.78 is 13.4. The Morgan fingerprint density at radius 2 is 1.80 bits per heavy atom. The van der Waals surface area contributed by atoms with E-state index in [9.17, 15) is 24.1 Å². The lowest BCUT2D eigenvalue weighted by molar-refractivity contribution is -0.384. The van der Waals surface area contributed by atoms with Crippen molar-refractivity contribution in [3.63, 3.8) is 0 Å². The summed E-state index contributed by atoms with van der Waals surface area (Å²) in [7, 11) is 0. The van der Waals surface area contributed by atoms with E-state index in [1.165, 1.54) is 35.2 Å². The first-order valence-corrected chi connectivity index (χ1v) is 9.75. The Kier molecular flexibility index (Phi) is 4.76. The van der Waals surface area contributed by atoms with Crippen LogP contribution in [0, 0.1) is 21.3 Å². The smallest absolute Gasteiger partial charge is 0.271 e. The van der Waals surface area contributed by atoms with Gasteiger partial charge in [-0.15, -0.1) is 0 Å². The normalized spacial score (nSPS) is 20.9. The van der Waals surface area contributed by atoms with Crippen molar-refractivity contribution in [3.8, 4) is 0 Å². The van der Waals surface area contributed by atoms with Gasteiger partial charge in [0, 0.05) is 42.2 Å². The standard InChI is InChI=1S/C23H21FN2O4/c1-23(2)12-19-22(20(27)13-23)18(14-6-8-15(24)9-7-14)11-21(28)25(19)16-4-3-5-17(10-16)26(29)30/h3-10,18H,11-13H2,1-2H3. The van der Waals surface area contributed by atoms with Crippen molar-refractivity contribution in [3.05, 3.63) is 81.3 Å². The second-order valence-corrected chi connectivity index (χ2v) is 8.62. The number of carbonyl (C=O) groups is 2. The third-order valence-electron chi connectivity index (χ3n) is 5.71. The van der Waals surface area contributed by atoms with Crippen molar-refractivity contribution in [1.82, 2.24) is 0 Å². The number of hydrogen-bond acceptors (Lipinski definition) is 4. The maximum absolute atomic E-state index is 13.4. The molecule has 0 bridgehead atoms. The van der Waals surface area contributed by atoms with Gasteiger partial charge in [-0.1, -0.05) is 32.0 Å². The van der Waals surface area contributed by atoms with E-state index in [-0.39, 0.29) is 35.0 Å². The summed E-state index contributed by atoms with van der Waals surface area (Å²) in [6, 6.07) is 11.7. The highest BCUT2D eigenvalue weighted by Crippen LogP contribution is 2.48. The number of benzene rings is 2. The monoisotopic (exact) mass is 408 g/mol. The number of nitro benzene ring substituents is 1. The molecule has 2 aliphatic rings. The van der Waals surface area contributed by atoms with E-state index >= 15 is 0 Å². The lowest BCUT2D eigenvalue weighted by atomic mass is 9.69. The molecule has 1 amide bonds. The largest absolute Gasteiger partial charge is 0.294 e. The molecule has 1 unspecified atom stereocenters. The molecule has 1 aliphatic heterocycles. The van der Waals surface area contributed by atoms with Crippen LogP contribution < -0.4 is 4.90 Å². The molecule has 0 fully saturated rings. The summed E-state index contributed by atoms with van der Waals surface area (Å²) in [5.41, 5.74) is 1.76. The molecule has 1 atom stereocenters. The summed E-state index contributed by atoms with van der Waals surface area (Å²) in [6.07, 6.45) is 0.875. The van der Waals surface area contributed by atoms with E-state index in [0.29, 0.717) is 35.4 Å². The number of ketones is 1. The zero-order chi connectivity index (χ0) is 21.6. The minimum Gasteiger partial charge on any atom is -0.294 e. The van der Waals surface area contributed by atoms with Crippen molar-refractivity contribution in [2.45, 2.75) is 39.0 Å². The molecule has 1 aliphatic carbocycles. The lowest BCUT2D eigenvalue weighted by Gasteiger charge is -2.42. The van der Waals surface area contributed by atoms with Gasteiger partial charge in [0.2, 0.25) is 5.91 Å². The van der Waals surface area contributed by atoms with Crippen molar-refractivity contribution >= 4 is 23.1 Å². The number of halogens is 1. The highest BCUT2D eigenvalue weighted by molar-refractivity contribution is 6.07. The van der Waals surface area contributed by atoms with Gasteiger partial charge < -0.3 is 0 Å². The van der Waals surface area contributed by atoms with Gasteiger partial charge in [-0.25, -0.2) is 4.39 Å². The SMILES string of the molecule is CC1(C)CC(=O)C2=C(C1)N(c1cccc([N+](=O)[O-])c1)C(=O)CC2c1ccc(F)cc1. The molecule has 6 nitrogen and oxygen atoms in total. The zero-order valence-corrected chi connectivity index (χ0v) is 16.7. The highest BCUT2D eigenvalue weighted by Gasteiger charge is 2.44. The van der Waals surface area contributed by atoms with Crippen LogP contribution in [0.25, 0.3) is 0 Å². The van der Waals surface area contributed by atoms with Gasteiger partial charge in [-0.05, 0) is 35.6 Å². The van der Waals surface area contributed by atoms with Crippen LogP contribution in [0.15, 0.2) is 59.8 Å². The maximum atomic E-state index is 13.4. The van der Waals surface area contributed by atoms with Crippen LogP contribution in [0.4, 0.5) is 15.8 Å². The average Bonchev–Trinajstić information content (AvgIpc) is 2.67. The fraction of sp³-hybridized carbons (Fsp3) is 0.304. The number of nitrogens with zero attached hydrogens (tertiary/aromatic N) is 2. The third-order valence-corrected chi connectivity index (χ3v) is 5.71. The topological polar surface area (TPSA) is 80.5 Å². The lowest BCUT2D eigenvalue weighted by Crippen LogP contribution is -2.43. The van der Waals surface area contributed by atoms with Crippen molar-refractivity contribution in [2.24, 2.45) is 5.41 Å². The van der Waals surface area contributed by atoms with Gasteiger partial charge in [-0.2, -0.15) is 0 Å². The average molecular weight is 408 g/mol. The molecule has 2 aromatic carbocycles. The first kappa shape index (κ1) is 19.9. The van der Waals surface area contributed by atoms with Crippen molar-refractivity contribution in [1.29, 1.82) is 0 Å². The predicted molar refractivity (Wildman–Crippen MR) is 109 cm³/mol. The Balaban J connectivity index is 1.89. The minimum atomic E-state index is -0.509. The predicted octanol–water partition coefficient (Wildman–Crippen LogP) is 4.90. The molecule has 4 rings (SSSR count). The van der Waals surface area contributed by atoms with Crippen LogP contribution in [0.2, 0.25) is 0 Å². The fourth-order valence-electron chi connectivity index (χ4n) is 4.44. The number of carbonyl (C=O) groups excluding carboxylic acids is 2. The van der Waals surface area contributed by atoms with Crippen LogP contribution >= 0.6 is 0 Å². The highest BCUT2D eigenvalue weighted by atomic mass is 19.1. The Hall–Kier alpha value is -3.35. The molecule has 30 heavy (non-hydrogen) atoms. The number of hydrogen-bond donors (Lipinski definition) is 0. The molecule has 0 spiro atoms. The van der Waals surface area contributed by atoms with Crippen molar-refractivity contribution in [2.75, 3.05) is 4.90 Å². The molecule has 0 radical (unpaired) electrons. The number of non-ortho nitro benzene ring substituents is 1. The second-order valence-electron chi connectivity index (χ2n) is 8.62. The Labute approximate surface area is 173 Å². The molecule has 7 heteroatoms. The number of allylic oxidation sites excluding steroid dienone is 2. The molecule has 0 N–H and O–H groups in total. The van der Waals surface area contributed by atoms with Crippen LogP contribution in [0.1, 0.15) is 44.6 Å². The van der Waals surface area contributed by atoms with Gasteiger partial charge in [-0.3, -0.25) is 24.6 Å². The number of Topliss-reactive ketones (excluding diaryl/α,β-unsaturated/α-hetero) is 1. The number of anilines is 1. The van der Waals surface area contributed by atoms with E-state index < -0.39 is 10.8 Å². The molecule has 0 aromatic heterocycles. The Morgan fingerprint density at radius 1 is 1.10 bits per heavy atom. The minimum absolute atomic E-state index is 0.0410. The van der Waals surface area contributed by atoms with Crippen LogP contribution in [-0.2, 0) is 9.59 Å². The Bertz CT molecular complexity index is 1090. The number of rotatable bonds is 3. The summed E-state index contributed by atoms with van der Waals surface area (Å²) in [6.45, 7) is 3.93. The van der Waals surface area contributed by atoms with Gasteiger partial charge >= 0.3 is 0 Å². The van der Waals surface area contributed by atoms with Crippen LogP contribution in [0.3, 0.4) is 0 Å². The molecule has 0 saturated heterocycles. The van der Waals surface area contributed by atoms with Gasteiger partial charge in [0.1, 0.15) is 5.82 Å². The van der Waals surface area contributed by atoms with Crippen LogP contribution in [-0.4, -0.2) is 16.6 Å². The van der Waals surface area contributed by atoms with Gasteiger partial charge in [0.15, 0.2) is 5.78 Å². The van der Waals surface area contributed by atoms with Gasteiger partial charge in [0.25, 0.3) is 5.69 Å². The number of nitro groups is 1. The van der Waals surface area contributed by atoms with Gasteiger partial charge in [0.05, 0.1) is 10.6 Å². The Morgan fingerprint density at radius 3 is 2.47 bits per heavy atom. The summed E-state index contributed by atoms with van der Waals surface area (Å²) in [4.78, 5) is 38.6. The molecular weight excluding hydrogens is 387 g/mol. The van der Waals surface area contributed by atoms with E-state index in [4.69, 9.17) is 0 Å². The van der Waals surface area contributed by atoms with E-state index in [1.807, 2.05) is 13.8 Å². The zero-order valence-electron chi connectivity index (χ0n) is 16.7. The van der Waals surface area contributed by atoms with E-state index in [0.717, 1.165) is 0 Å². The molecular formula is C23H21FN2O4. The quantitative estimate of drug-likeness (QED) is 0.535. The molecule has 1 heterocycles. The maximum Gasteiger partial charge on any atom is 0.271 e. The molecule has 154 valence electrons. The summed E-state index contributed by atoms with van der Waals surface area (Å²) in [5.74, 6) is -1.12. The van der Waals surface area contributed by atoms with Crippen molar-refractivity contribution < 1.29 is 18.9 Å². The second kappa shape index (κ2) is 7.16. The van der Waals surface area contributed by atoms with Crippen LogP contribution in [0.5, 0.6) is 0 Å². The molecule has 2 aromatic rings. The first-order valence-electron chi connectivity index (χ1n) is 9.75.